The summed E-state index contributed by atoms with van der Waals surface area (Å²) < 4.78 is 45.6. The van der Waals surface area contributed by atoms with Gasteiger partial charge in [0.1, 0.15) is 0 Å². The van der Waals surface area contributed by atoms with Gasteiger partial charge in [-0.15, -0.1) is 0 Å². The number of amides is 1. The number of rotatable bonds is 3. The highest BCUT2D eigenvalue weighted by Gasteiger charge is 2.20. The number of benzene rings is 1. The van der Waals surface area contributed by atoms with E-state index in [0.717, 1.165) is 24.5 Å². The van der Waals surface area contributed by atoms with E-state index < -0.39 is 29.7 Å². The molecule has 0 aromatic heterocycles. The van der Waals surface area contributed by atoms with Crippen molar-refractivity contribution < 1.29 is 21.6 Å². The number of nitrogens with zero attached hydrogens (tertiary/aromatic N) is 1. The molecule has 0 aliphatic rings. The zero-order chi connectivity index (χ0) is 15.0. The van der Waals surface area contributed by atoms with Crippen LogP contribution < -0.4 is 0 Å². The zero-order valence-corrected chi connectivity index (χ0v) is 12.8. The van der Waals surface area contributed by atoms with Crippen LogP contribution in [0, 0.1) is 0 Å². The van der Waals surface area contributed by atoms with E-state index in [1.165, 1.54) is 19.0 Å². The van der Waals surface area contributed by atoms with Crippen LogP contribution in [0.2, 0.25) is 0 Å². The third kappa shape index (κ3) is 3.92. The molecule has 0 saturated carbocycles. The second kappa shape index (κ2) is 5.10. The molecular formula is C10H12ClNO5S2. The van der Waals surface area contributed by atoms with E-state index in [0.29, 0.717) is 0 Å². The Morgan fingerprint density at radius 3 is 1.89 bits per heavy atom. The van der Waals surface area contributed by atoms with Gasteiger partial charge in [0, 0.05) is 36.6 Å². The molecule has 0 aliphatic heterocycles. The van der Waals surface area contributed by atoms with Gasteiger partial charge in [0.2, 0.25) is 0 Å². The van der Waals surface area contributed by atoms with Gasteiger partial charge in [-0.3, -0.25) is 4.79 Å². The molecule has 0 heterocycles. The first-order chi connectivity index (χ1) is 8.43. The fraction of sp³-hybridized carbons (Fsp3) is 0.300. The lowest BCUT2D eigenvalue weighted by molar-refractivity contribution is 0.0827. The average Bonchev–Trinajstić information content (AvgIpc) is 2.24. The highest BCUT2D eigenvalue weighted by Crippen LogP contribution is 2.22. The lowest BCUT2D eigenvalue weighted by Crippen LogP contribution is -2.22. The molecule has 106 valence electrons. The predicted octanol–water partition coefficient (Wildman–Crippen LogP) is 0.719. The molecule has 0 unspecified atom stereocenters. The Balaban J connectivity index is 3.64. The van der Waals surface area contributed by atoms with Crippen molar-refractivity contribution >= 4 is 35.5 Å². The number of hydrogen-bond donors (Lipinski definition) is 0. The van der Waals surface area contributed by atoms with Crippen molar-refractivity contribution in [1.29, 1.82) is 0 Å². The van der Waals surface area contributed by atoms with E-state index in [9.17, 15) is 21.6 Å². The van der Waals surface area contributed by atoms with Crippen molar-refractivity contribution in [2.24, 2.45) is 0 Å². The Hall–Kier alpha value is -1.12. The fourth-order valence-corrected chi connectivity index (χ4v) is 2.87. The molecule has 9 heteroatoms. The number of halogens is 1. The number of sulfone groups is 1. The third-order valence-corrected chi connectivity index (χ3v) is 4.67. The lowest BCUT2D eigenvalue weighted by Gasteiger charge is -2.12. The Morgan fingerprint density at radius 2 is 1.53 bits per heavy atom. The zero-order valence-electron chi connectivity index (χ0n) is 10.4. The maximum atomic E-state index is 11.8. The normalized spacial score (nSPS) is 12.2. The quantitative estimate of drug-likeness (QED) is 0.764. The molecule has 1 rings (SSSR count). The molecule has 0 N–H and O–H groups in total. The molecule has 0 radical (unpaired) electrons. The van der Waals surface area contributed by atoms with Crippen molar-refractivity contribution in [3.8, 4) is 0 Å². The first-order valence-electron chi connectivity index (χ1n) is 4.94. The van der Waals surface area contributed by atoms with Crippen LogP contribution in [0.25, 0.3) is 0 Å². The van der Waals surface area contributed by atoms with Crippen LogP contribution in [0.3, 0.4) is 0 Å². The van der Waals surface area contributed by atoms with E-state index in [1.54, 1.807) is 0 Å². The molecule has 0 bridgehead atoms. The number of carbonyl (C=O) groups excluding carboxylic acids is 1. The summed E-state index contributed by atoms with van der Waals surface area (Å²) >= 11 is 0. The first kappa shape index (κ1) is 15.9. The van der Waals surface area contributed by atoms with Crippen LogP contribution in [-0.4, -0.2) is 48.0 Å². The highest BCUT2D eigenvalue weighted by molar-refractivity contribution is 8.13. The van der Waals surface area contributed by atoms with Gasteiger partial charge in [0.15, 0.2) is 9.84 Å². The van der Waals surface area contributed by atoms with Gasteiger partial charge in [0.25, 0.3) is 15.0 Å². The van der Waals surface area contributed by atoms with Gasteiger partial charge in [-0.2, -0.15) is 0 Å². The largest absolute Gasteiger partial charge is 0.345 e. The fourth-order valence-electron chi connectivity index (χ4n) is 1.31. The van der Waals surface area contributed by atoms with Gasteiger partial charge in [-0.05, 0) is 18.2 Å². The van der Waals surface area contributed by atoms with Crippen molar-refractivity contribution in [2.75, 3.05) is 20.4 Å². The standard InChI is InChI=1S/C10H12ClNO5S2/c1-12(2)10(13)7-4-8(18(3,14)15)6-9(5-7)19(11,16)17/h4-6H,1-3H3. The molecule has 19 heavy (non-hydrogen) atoms. The van der Waals surface area contributed by atoms with E-state index in [4.69, 9.17) is 10.7 Å². The van der Waals surface area contributed by atoms with E-state index in [-0.39, 0.29) is 10.5 Å². The minimum atomic E-state index is -4.13. The van der Waals surface area contributed by atoms with Crippen molar-refractivity contribution in [3.63, 3.8) is 0 Å². The summed E-state index contributed by atoms with van der Waals surface area (Å²) in [5.74, 6) is -0.521. The minimum Gasteiger partial charge on any atom is -0.345 e. The average molecular weight is 326 g/mol. The topological polar surface area (TPSA) is 88.6 Å². The monoisotopic (exact) mass is 325 g/mol. The summed E-state index contributed by atoms with van der Waals surface area (Å²) in [5.41, 5.74) is -0.0628. The van der Waals surface area contributed by atoms with Crippen LogP contribution in [0.5, 0.6) is 0 Å². The smallest absolute Gasteiger partial charge is 0.261 e. The summed E-state index contributed by atoms with van der Waals surface area (Å²) in [7, 11) is 0.323. The van der Waals surface area contributed by atoms with Gasteiger partial charge < -0.3 is 4.90 Å². The summed E-state index contributed by atoms with van der Waals surface area (Å²) in [6.07, 6.45) is 0.914. The van der Waals surface area contributed by atoms with Crippen molar-refractivity contribution in [3.05, 3.63) is 23.8 Å². The van der Waals surface area contributed by atoms with Crippen molar-refractivity contribution in [1.82, 2.24) is 4.90 Å². The maximum absolute atomic E-state index is 11.8. The van der Waals surface area contributed by atoms with Crippen molar-refractivity contribution in [2.45, 2.75) is 9.79 Å². The Labute approximate surface area is 116 Å². The van der Waals surface area contributed by atoms with Crippen LogP contribution in [-0.2, 0) is 18.9 Å². The second-order valence-electron chi connectivity index (χ2n) is 4.10. The van der Waals surface area contributed by atoms with Gasteiger partial charge >= 0.3 is 0 Å². The second-order valence-corrected chi connectivity index (χ2v) is 8.68. The number of carbonyl (C=O) groups is 1. The predicted molar refractivity (Wildman–Crippen MR) is 70.6 cm³/mol. The minimum absolute atomic E-state index is 0.0628. The van der Waals surface area contributed by atoms with Gasteiger partial charge in [-0.1, -0.05) is 0 Å². The van der Waals surface area contributed by atoms with Gasteiger partial charge in [0.05, 0.1) is 9.79 Å². The van der Waals surface area contributed by atoms with Crippen LogP contribution in [0.15, 0.2) is 28.0 Å². The molecule has 1 aromatic carbocycles. The van der Waals surface area contributed by atoms with Crippen LogP contribution in [0.4, 0.5) is 0 Å². The third-order valence-electron chi connectivity index (χ3n) is 2.24. The summed E-state index contributed by atoms with van der Waals surface area (Å²) in [5, 5.41) is 0. The maximum Gasteiger partial charge on any atom is 0.261 e. The number of hydrogen-bond acceptors (Lipinski definition) is 5. The summed E-state index contributed by atoms with van der Waals surface area (Å²) in [6, 6.07) is 3.08. The molecule has 1 aromatic rings. The SMILES string of the molecule is CN(C)C(=O)c1cc(S(C)(=O)=O)cc(S(=O)(=O)Cl)c1. The molecule has 0 atom stereocenters. The van der Waals surface area contributed by atoms with E-state index in [2.05, 4.69) is 0 Å². The van der Waals surface area contributed by atoms with E-state index >= 15 is 0 Å². The molecule has 1 amide bonds. The Bertz CT molecular complexity index is 672. The molecule has 0 fully saturated rings. The summed E-state index contributed by atoms with van der Waals surface area (Å²) in [6.45, 7) is 0. The van der Waals surface area contributed by atoms with Gasteiger partial charge in [-0.25, -0.2) is 16.8 Å². The first-order valence-corrected chi connectivity index (χ1v) is 9.14. The molecular weight excluding hydrogens is 314 g/mol. The molecule has 0 spiro atoms. The molecule has 0 saturated heterocycles. The van der Waals surface area contributed by atoms with Crippen LogP contribution in [0.1, 0.15) is 10.4 Å². The Morgan fingerprint density at radius 1 is 1.05 bits per heavy atom. The lowest BCUT2D eigenvalue weighted by atomic mass is 10.2. The highest BCUT2D eigenvalue weighted by atomic mass is 35.7. The Kier molecular flexibility index (Phi) is 4.28. The van der Waals surface area contributed by atoms with E-state index in [1.807, 2.05) is 0 Å². The molecule has 6 nitrogen and oxygen atoms in total. The summed E-state index contributed by atoms with van der Waals surface area (Å²) in [4.78, 5) is 12.3. The van der Waals surface area contributed by atoms with Crippen LogP contribution >= 0.6 is 10.7 Å². The molecule has 0 aliphatic carbocycles.